The summed E-state index contributed by atoms with van der Waals surface area (Å²) in [5.41, 5.74) is 2.15. The van der Waals surface area contributed by atoms with Crippen LogP contribution in [0.4, 0.5) is 0 Å². The monoisotopic (exact) mass is 239 g/mol. The molecule has 2 nitrogen and oxygen atoms in total. The van der Waals surface area contributed by atoms with Crippen LogP contribution in [0.5, 0.6) is 0 Å². The molecule has 2 rings (SSSR count). The lowest BCUT2D eigenvalue weighted by atomic mass is 10.2. The van der Waals surface area contributed by atoms with Crippen LogP contribution in [0.15, 0.2) is 35.4 Å². The van der Waals surface area contributed by atoms with Crippen molar-refractivity contribution < 1.29 is 4.79 Å². The van der Waals surface area contributed by atoms with Gasteiger partial charge in [-0.2, -0.15) is 0 Å². The second-order valence-corrected chi connectivity index (χ2v) is 4.64. The molecule has 0 fully saturated rings. The van der Waals surface area contributed by atoms with Crippen molar-refractivity contribution in [3.05, 3.63) is 46.0 Å². The molecule has 1 aromatic rings. The molecular formula is C11H10ClNOS. The maximum absolute atomic E-state index is 10.3. The predicted molar refractivity (Wildman–Crippen MR) is 63.7 cm³/mol. The zero-order valence-corrected chi connectivity index (χ0v) is 9.52. The number of hydrogen-bond donors (Lipinski definition) is 1. The minimum atomic E-state index is 0.206. The van der Waals surface area contributed by atoms with Crippen molar-refractivity contribution in [2.24, 2.45) is 0 Å². The molecule has 1 unspecified atom stereocenters. The van der Waals surface area contributed by atoms with Gasteiger partial charge in [0.1, 0.15) is 11.7 Å². The van der Waals surface area contributed by atoms with Crippen LogP contribution >= 0.6 is 23.4 Å². The quantitative estimate of drug-likeness (QED) is 0.822. The molecule has 15 heavy (non-hydrogen) atoms. The van der Waals surface area contributed by atoms with Crippen molar-refractivity contribution in [3.63, 3.8) is 0 Å². The van der Waals surface area contributed by atoms with E-state index in [4.69, 9.17) is 11.6 Å². The van der Waals surface area contributed by atoms with Crippen LogP contribution in [0.2, 0.25) is 5.02 Å². The van der Waals surface area contributed by atoms with Crippen LogP contribution in [0.3, 0.4) is 0 Å². The first kappa shape index (κ1) is 10.6. The fourth-order valence-corrected chi connectivity index (χ4v) is 2.51. The zero-order chi connectivity index (χ0) is 10.7. The maximum atomic E-state index is 10.3. The maximum Gasteiger partial charge on any atom is 0.125 e. The minimum absolute atomic E-state index is 0.206. The molecule has 0 aromatic heterocycles. The van der Waals surface area contributed by atoms with E-state index in [1.807, 2.05) is 29.7 Å². The highest BCUT2D eigenvalue weighted by molar-refractivity contribution is 8.02. The fourth-order valence-electron chi connectivity index (χ4n) is 1.38. The molecule has 78 valence electrons. The van der Waals surface area contributed by atoms with Crippen molar-refractivity contribution >= 4 is 29.6 Å². The first-order valence-corrected chi connectivity index (χ1v) is 5.92. The number of halogens is 1. The van der Waals surface area contributed by atoms with E-state index < -0.39 is 0 Å². The van der Waals surface area contributed by atoms with Crippen molar-refractivity contribution in [1.29, 1.82) is 0 Å². The summed E-state index contributed by atoms with van der Waals surface area (Å²) in [5, 5.41) is 6.22. The molecule has 0 saturated heterocycles. The number of nitrogens with one attached hydrogen (secondary N) is 1. The molecule has 0 saturated carbocycles. The van der Waals surface area contributed by atoms with Crippen LogP contribution < -0.4 is 5.32 Å². The Hall–Kier alpha value is -0.930. The molecule has 1 aromatic carbocycles. The Morgan fingerprint density at radius 1 is 1.40 bits per heavy atom. The molecule has 1 N–H and O–H groups in total. The average molecular weight is 240 g/mol. The SMILES string of the molecule is O=CCC1=CSC(c2ccc(Cl)cc2)N1. The van der Waals surface area contributed by atoms with Gasteiger partial charge in [-0.3, -0.25) is 0 Å². The highest BCUT2D eigenvalue weighted by atomic mass is 35.5. The summed E-state index contributed by atoms with van der Waals surface area (Å²) >= 11 is 7.48. The fraction of sp³-hybridized carbons (Fsp3) is 0.182. The molecule has 0 spiro atoms. The van der Waals surface area contributed by atoms with Gasteiger partial charge in [0.05, 0.1) is 0 Å². The molecule has 4 heteroatoms. The van der Waals surface area contributed by atoms with Crippen LogP contribution in [0, 0.1) is 0 Å². The number of carbonyl (C=O) groups is 1. The van der Waals surface area contributed by atoms with Crippen molar-refractivity contribution in [1.82, 2.24) is 5.32 Å². The van der Waals surface area contributed by atoms with Crippen LogP contribution in [-0.4, -0.2) is 6.29 Å². The molecule has 1 atom stereocenters. The Kier molecular flexibility index (Phi) is 3.34. The molecule has 0 amide bonds. The van der Waals surface area contributed by atoms with Gasteiger partial charge in [0.2, 0.25) is 0 Å². The van der Waals surface area contributed by atoms with E-state index in [9.17, 15) is 4.79 Å². The number of hydrogen-bond acceptors (Lipinski definition) is 3. The van der Waals surface area contributed by atoms with Crippen LogP contribution in [-0.2, 0) is 4.79 Å². The summed E-state index contributed by atoms with van der Waals surface area (Å²) in [7, 11) is 0. The summed E-state index contributed by atoms with van der Waals surface area (Å²) in [6, 6.07) is 7.73. The van der Waals surface area contributed by atoms with E-state index in [1.165, 1.54) is 5.56 Å². The average Bonchev–Trinajstić information content (AvgIpc) is 2.68. The van der Waals surface area contributed by atoms with E-state index in [0.29, 0.717) is 6.42 Å². The van der Waals surface area contributed by atoms with Gasteiger partial charge >= 0.3 is 0 Å². The van der Waals surface area contributed by atoms with E-state index in [0.717, 1.165) is 17.0 Å². The van der Waals surface area contributed by atoms with E-state index in [2.05, 4.69) is 5.32 Å². The summed E-state index contributed by atoms with van der Waals surface area (Å²) in [4.78, 5) is 10.3. The van der Waals surface area contributed by atoms with Gasteiger partial charge in [-0.25, -0.2) is 0 Å². The molecule has 0 bridgehead atoms. The summed E-state index contributed by atoms with van der Waals surface area (Å²) in [6.45, 7) is 0. The molecule has 1 aliphatic heterocycles. The highest BCUT2D eigenvalue weighted by Crippen LogP contribution is 2.34. The minimum Gasteiger partial charge on any atom is -0.372 e. The second kappa shape index (κ2) is 4.73. The largest absolute Gasteiger partial charge is 0.372 e. The lowest BCUT2D eigenvalue weighted by Gasteiger charge is -2.12. The summed E-state index contributed by atoms with van der Waals surface area (Å²) < 4.78 is 0. The number of rotatable bonds is 3. The lowest BCUT2D eigenvalue weighted by Crippen LogP contribution is -2.12. The van der Waals surface area contributed by atoms with Gasteiger partial charge in [0, 0.05) is 17.1 Å². The van der Waals surface area contributed by atoms with Gasteiger partial charge in [0.25, 0.3) is 0 Å². The summed E-state index contributed by atoms with van der Waals surface area (Å²) in [5.74, 6) is 0. The number of benzene rings is 1. The van der Waals surface area contributed by atoms with Crippen molar-refractivity contribution in [2.75, 3.05) is 0 Å². The molecular weight excluding hydrogens is 230 g/mol. The van der Waals surface area contributed by atoms with E-state index in [1.54, 1.807) is 11.8 Å². The lowest BCUT2D eigenvalue weighted by molar-refractivity contribution is -0.107. The van der Waals surface area contributed by atoms with E-state index >= 15 is 0 Å². The van der Waals surface area contributed by atoms with Crippen LogP contribution in [0.25, 0.3) is 0 Å². The van der Waals surface area contributed by atoms with Crippen molar-refractivity contribution in [3.8, 4) is 0 Å². The number of carbonyl (C=O) groups excluding carboxylic acids is 1. The third kappa shape index (κ3) is 2.55. The Balaban J connectivity index is 2.03. The third-order valence-electron chi connectivity index (χ3n) is 2.14. The number of aldehydes is 1. The Morgan fingerprint density at radius 3 is 2.80 bits per heavy atom. The second-order valence-electron chi connectivity index (χ2n) is 3.23. The smallest absolute Gasteiger partial charge is 0.125 e. The first-order valence-electron chi connectivity index (χ1n) is 4.60. The first-order chi connectivity index (χ1) is 7.29. The molecule has 1 heterocycles. The van der Waals surface area contributed by atoms with E-state index in [-0.39, 0.29) is 5.37 Å². The van der Waals surface area contributed by atoms with Crippen LogP contribution in [0.1, 0.15) is 17.4 Å². The topological polar surface area (TPSA) is 29.1 Å². The van der Waals surface area contributed by atoms with Gasteiger partial charge in [-0.05, 0) is 23.1 Å². The number of allylic oxidation sites excluding steroid dienone is 1. The highest BCUT2D eigenvalue weighted by Gasteiger charge is 2.17. The van der Waals surface area contributed by atoms with Gasteiger partial charge in [-0.15, -0.1) is 11.8 Å². The molecule has 0 radical (unpaired) electrons. The zero-order valence-electron chi connectivity index (χ0n) is 7.94. The standard InChI is InChI=1S/C11H10ClNOS/c12-9-3-1-8(2-4-9)11-13-10(5-6-14)7-15-11/h1-4,6-7,11,13H,5H2. The summed E-state index contributed by atoms with van der Waals surface area (Å²) in [6.07, 6.45) is 1.36. The Labute approximate surface area is 97.7 Å². The van der Waals surface area contributed by atoms with Gasteiger partial charge < -0.3 is 10.1 Å². The Bertz CT molecular complexity index is 388. The normalized spacial score (nSPS) is 19.5. The third-order valence-corrected chi connectivity index (χ3v) is 3.47. The number of thioether (sulfide) groups is 1. The van der Waals surface area contributed by atoms with Gasteiger partial charge in [0.15, 0.2) is 0 Å². The van der Waals surface area contributed by atoms with Gasteiger partial charge in [-0.1, -0.05) is 23.7 Å². The Morgan fingerprint density at radius 2 is 2.13 bits per heavy atom. The molecule has 0 aliphatic carbocycles. The van der Waals surface area contributed by atoms with Crippen molar-refractivity contribution in [2.45, 2.75) is 11.8 Å². The molecule has 1 aliphatic rings. The predicted octanol–water partition coefficient (Wildman–Crippen LogP) is 3.11.